The van der Waals surface area contributed by atoms with Crippen molar-refractivity contribution >= 4 is 5.97 Å². The highest BCUT2D eigenvalue weighted by atomic mass is 16.5. The van der Waals surface area contributed by atoms with Gasteiger partial charge in [-0.05, 0) is 18.7 Å². The molecule has 0 amide bonds. The summed E-state index contributed by atoms with van der Waals surface area (Å²) >= 11 is 0. The first-order valence-electron chi connectivity index (χ1n) is 6.93. The SMILES string of the molecule is CCN(Cc1noc(-c2ccccc2)n1)CC(C)C(=O)O. The summed E-state index contributed by atoms with van der Waals surface area (Å²) in [6.45, 7) is 5.34. The fourth-order valence-corrected chi connectivity index (χ4v) is 1.99. The first-order chi connectivity index (χ1) is 10.1. The summed E-state index contributed by atoms with van der Waals surface area (Å²) in [5.41, 5.74) is 0.873. The average molecular weight is 289 g/mol. The molecule has 1 N–H and O–H groups in total. The van der Waals surface area contributed by atoms with E-state index < -0.39 is 11.9 Å². The number of carboxylic acids is 1. The van der Waals surface area contributed by atoms with E-state index in [9.17, 15) is 4.79 Å². The second-order valence-corrected chi connectivity index (χ2v) is 4.95. The van der Waals surface area contributed by atoms with Gasteiger partial charge in [-0.3, -0.25) is 9.69 Å². The Labute approximate surface area is 123 Å². The van der Waals surface area contributed by atoms with E-state index in [0.717, 1.165) is 12.1 Å². The normalized spacial score (nSPS) is 12.5. The number of rotatable bonds is 7. The fourth-order valence-electron chi connectivity index (χ4n) is 1.99. The van der Waals surface area contributed by atoms with Crippen molar-refractivity contribution < 1.29 is 14.4 Å². The molecule has 0 aliphatic carbocycles. The lowest BCUT2D eigenvalue weighted by Gasteiger charge is -2.20. The van der Waals surface area contributed by atoms with Crippen LogP contribution in [0.2, 0.25) is 0 Å². The summed E-state index contributed by atoms with van der Waals surface area (Å²) < 4.78 is 5.24. The zero-order valence-corrected chi connectivity index (χ0v) is 12.2. The van der Waals surface area contributed by atoms with Crippen LogP contribution in [-0.2, 0) is 11.3 Å². The highest BCUT2D eigenvalue weighted by Crippen LogP contribution is 2.16. The van der Waals surface area contributed by atoms with Crippen molar-refractivity contribution in [3.8, 4) is 11.5 Å². The fraction of sp³-hybridized carbons (Fsp3) is 0.400. The average Bonchev–Trinajstić information content (AvgIpc) is 2.95. The maximum Gasteiger partial charge on any atom is 0.307 e. The summed E-state index contributed by atoms with van der Waals surface area (Å²) in [5.74, 6) is -0.182. The van der Waals surface area contributed by atoms with Crippen LogP contribution in [0.5, 0.6) is 0 Å². The molecular formula is C15H19N3O3. The molecule has 0 radical (unpaired) electrons. The molecule has 0 spiro atoms. The molecule has 2 aromatic rings. The van der Waals surface area contributed by atoms with Gasteiger partial charge in [0.15, 0.2) is 5.82 Å². The number of carbonyl (C=O) groups is 1. The predicted molar refractivity (Wildman–Crippen MR) is 77.5 cm³/mol. The Morgan fingerprint density at radius 2 is 2.10 bits per heavy atom. The quantitative estimate of drug-likeness (QED) is 0.842. The molecule has 112 valence electrons. The second kappa shape index (κ2) is 6.99. The van der Waals surface area contributed by atoms with Gasteiger partial charge in [0.05, 0.1) is 12.5 Å². The number of nitrogens with zero attached hydrogens (tertiary/aromatic N) is 3. The molecule has 1 heterocycles. The van der Waals surface area contributed by atoms with Gasteiger partial charge in [-0.25, -0.2) is 0 Å². The Balaban J connectivity index is 2.02. The molecule has 6 nitrogen and oxygen atoms in total. The monoisotopic (exact) mass is 289 g/mol. The van der Waals surface area contributed by atoms with E-state index in [0.29, 0.717) is 24.8 Å². The lowest BCUT2D eigenvalue weighted by molar-refractivity contribution is -0.141. The molecule has 0 saturated carbocycles. The van der Waals surface area contributed by atoms with E-state index >= 15 is 0 Å². The molecule has 6 heteroatoms. The molecule has 1 atom stereocenters. The van der Waals surface area contributed by atoms with Crippen LogP contribution in [0, 0.1) is 5.92 Å². The van der Waals surface area contributed by atoms with Crippen LogP contribution in [0.25, 0.3) is 11.5 Å². The summed E-state index contributed by atoms with van der Waals surface area (Å²) in [6.07, 6.45) is 0. The van der Waals surface area contributed by atoms with Gasteiger partial charge in [-0.1, -0.05) is 37.2 Å². The lowest BCUT2D eigenvalue weighted by Crippen LogP contribution is -2.31. The van der Waals surface area contributed by atoms with E-state index in [1.165, 1.54) is 0 Å². The summed E-state index contributed by atoms with van der Waals surface area (Å²) in [6, 6.07) is 9.55. The highest BCUT2D eigenvalue weighted by Gasteiger charge is 2.17. The van der Waals surface area contributed by atoms with Crippen molar-refractivity contribution in [3.63, 3.8) is 0 Å². The Morgan fingerprint density at radius 3 is 2.71 bits per heavy atom. The number of aliphatic carboxylic acids is 1. The van der Waals surface area contributed by atoms with E-state index in [-0.39, 0.29) is 0 Å². The van der Waals surface area contributed by atoms with Gasteiger partial charge < -0.3 is 9.63 Å². The molecule has 0 bridgehead atoms. The summed E-state index contributed by atoms with van der Waals surface area (Å²) in [4.78, 5) is 17.3. The number of benzene rings is 1. The smallest absolute Gasteiger partial charge is 0.307 e. The highest BCUT2D eigenvalue weighted by molar-refractivity contribution is 5.69. The van der Waals surface area contributed by atoms with Gasteiger partial charge in [-0.2, -0.15) is 4.98 Å². The number of hydrogen-bond donors (Lipinski definition) is 1. The van der Waals surface area contributed by atoms with Crippen molar-refractivity contribution in [1.29, 1.82) is 0 Å². The van der Waals surface area contributed by atoms with Crippen molar-refractivity contribution in [3.05, 3.63) is 36.2 Å². The molecule has 0 aliphatic rings. The molecule has 1 aromatic heterocycles. The van der Waals surface area contributed by atoms with Crippen molar-refractivity contribution in [2.75, 3.05) is 13.1 Å². The predicted octanol–water partition coefficient (Wildman–Crippen LogP) is 2.28. The third-order valence-electron chi connectivity index (χ3n) is 3.25. The zero-order chi connectivity index (χ0) is 15.2. The molecule has 0 aliphatic heterocycles. The van der Waals surface area contributed by atoms with E-state index in [1.54, 1.807) is 6.92 Å². The zero-order valence-electron chi connectivity index (χ0n) is 12.2. The number of hydrogen-bond acceptors (Lipinski definition) is 5. The lowest BCUT2D eigenvalue weighted by atomic mass is 10.1. The minimum absolute atomic E-state index is 0.426. The van der Waals surface area contributed by atoms with Crippen LogP contribution in [0.15, 0.2) is 34.9 Å². The minimum Gasteiger partial charge on any atom is -0.481 e. The molecular weight excluding hydrogens is 270 g/mol. The summed E-state index contributed by atoms with van der Waals surface area (Å²) in [7, 11) is 0. The Kier molecular flexibility index (Phi) is 5.05. The molecule has 21 heavy (non-hydrogen) atoms. The third kappa shape index (κ3) is 4.13. The van der Waals surface area contributed by atoms with E-state index in [2.05, 4.69) is 10.1 Å². The largest absolute Gasteiger partial charge is 0.481 e. The van der Waals surface area contributed by atoms with Crippen LogP contribution >= 0.6 is 0 Å². The molecule has 0 saturated heterocycles. The van der Waals surface area contributed by atoms with Crippen LogP contribution in [0.1, 0.15) is 19.7 Å². The third-order valence-corrected chi connectivity index (χ3v) is 3.25. The van der Waals surface area contributed by atoms with Gasteiger partial charge in [0, 0.05) is 12.1 Å². The number of carboxylic acid groups (broad SMARTS) is 1. The molecule has 0 fully saturated rings. The first-order valence-corrected chi connectivity index (χ1v) is 6.93. The topological polar surface area (TPSA) is 79.5 Å². The molecule has 2 rings (SSSR count). The van der Waals surface area contributed by atoms with Crippen LogP contribution < -0.4 is 0 Å². The van der Waals surface area contributed by atoms with Gasteiger partial charge in [0.1, 0.15) is 0 Å². The molecule has 1 unspecified atom stereocenters. The van der Waals surface area contributed by atoms with E-state index in [4.69, 9.17) is 9.63 Å². The van der Waals surface area contributed by atoms with Crippen molar-refractivity contribution in [2.45, 2.75) is 20.4 Å². The van der Waals surface area contributed by atoms with Crippen molar-refractivity contribution in [1.82, 2.24) is 15.0 Å². The second-order valence-electron chi connectivity index (χ2n) is 4.95. The van der Waals surface area contributed by atoms with Gasteiger partial charge in [0.25, 0.3) is 5.89 Å². The Bertz CT molecular complexity index is 583. The minimum atomic E-state index is -0.800. The van der Waals surface area contributed by atoms with Gasteiger partial charge >= 0.3 is 5.97 Å². The Morgan fingerprint density at radius 1 is 1.38 bits per heavy atom. The van der Waals surface area contributed by atoms with Gasteiger partial charge in [-0.15, -0.1) is 0 Å². The summed E-state index contributed by atoms with van der Waals surface area (Å²) in [5, 5.41) is 12.9. The van der Waals surface area contributed by atoms with Gasteiger partial charge in [0.2, 0.25) is 0 Å². The standard InChI is InChI=1S/C15H19N3O3/c1-3-18(9-11(2)15(19)20)10-13-16-14(21-17-13)12-7-5-4-6-8-12/h4-8,11H,3,9-10H2,1-2H3,(H,19,20). The Hall–Kier alpha value is -2.21. The van der Waals surface area contributed by atoms with Crippen molar-refractivity contribution in [2.24, 2.45) is 5.92 Å². The molecule has 1 aromatic carbocycles. The van der Waals surface area contributed by atoms with Crippen LogP contribution in [0.4, 0.5) is 0 Å². The first kappa shape index (κ1) is 15.2. The maximum absolute atomic E-state index is 10.9. The van der Waals surface area contributed by atoms with E-state index in [1.807, 2.05) is 42.2 Å². The maximum atomic E-state index is 10.9. The number of aromatic nitrogens is 2. The van der Waals surface area contributed by atoms with Crippen LogP contribution in [0.3, 0.4) is 0 Å². The van der Waals surface area contributed by atoms with Crippen LogP contribution in [-0.4, -0.2) is 39.2 Å².